The number of pyridine rings is 1. The number of hydrogen-bond acceptors (Lipinski definition) is 7. The zero-order valence-electron chi connectivity index (χ0n) is 16.1. The van der Waals surface area contributed by atoms with Gasteiger partial charge in [-0.1, -0.05) is 6.07 Å². The Kier molecular flexibility index (Phi) is 9.54. The number of carbonyl (C=O) groups excluding carboxylic acids is 1. The van der Waals surface area contributed by atoms with Gasteiger partial charge in [-0.2, -0.15) is 0 Å². The summed E-state index contributed by atoms with van der Waals surface area (Å²) in [7, 11) is 3.35. The summed E-state index contributed by atoms with van der Waals surface area (Å²) in [4.78, 5) is 17.4. The number of carbonyl (C=O) groups is 1. The van der Waals surface area contributed by atoms with Crippen molar-refractivity contribution >= 4 is 16.9 Å². The van der Waals surface area contributed by atoms with E-state index in [1.165, 1.54) is 7.11 Å². The number of esters is 1. The molecular weight excluding hydrogens is 348 g/mol. The van der Waals surface area contributed by atoms with Gasteiger partial charge in [0.15, 0.2) is 0 Å². The third kappa shape index (κ3) is 8.34. The second kappa shape index (κ2) is 12.2. The van der Waals surface area contributed by atoms with Gasteiger partial charge in [-0.25, -0.2) is 0 Å². The van der Waals surface area contributed by atoms with E-state index in [0.717, 1.165) is 23.2 Å². The van der Waals surface area contributed by atoms with Crippen molar-refractivity contribution in [2.75, 3.05) is 60.3 Å². The van der Waals surface area contributed by atoms with Crippen LogP contribution < -0.4 is 4.74 Å². The van der Waals surface area contributed by atoms with Crippen molar-refractivity contribution in [3.05, 3.63) is 36.5 Å². The number of likely N-dealkylation sites (N-methyl/N-ethyl adjacent to an activating group) is 1. The lowest BCUT2D eigenvalue weighted by molar-refractivity contribution is -0.140. The Hall–Kier alpha value is -2.22. The predicted octanol–water partition coefficient (Wildman–Crippen LogP) is 2.14. The molecule has 0 bridgehead atoms. The first-order chi connectivity index (χ1) is 13.2. The number of rotatable bonds is 13. The average Bonchev–Trinajstić information content (AvgIpc) is 2.70. The van der Waals surface area contributed by atoms with Gasteiger partial charge in [0.05, 0.1) is 45.5 Å². The van der Waals surface area contributed by atoms with Crippen LogP contribution in [-0.4, -0.2) is 76.1 Å². The molecule has 0 saturated carbocycles. The van der Waals surface area contributed by atoms with Crippen LogP contribution in [0.5, 0.6) is 5.75 Å². The van der Waals surface area contributed by atoms with Gasteiger partial charge in [-0.3, -0.25) is 9.78 Å². The number of aromatic nitrogens is 1. The third-order valence-electron chi connectivity index (χ3n) is 3.99. The van der Waals surface area contributed by atoms with Gasteiger partial charge in [-0.15, -0.1) is 0 Å². The molecule has 2 aromatic rings. The minimum absolute atomic E-state index is 0.196. The summed E-state index contributed by atoms with van der Waals surface area (Å²) in [6, 6.07) is 9.75. The molecule has 0 fully saturated rings. The van der Waals surface area contributed by atoms with Crippen LogP contribution >= 0.6 is 0 Å². The highest BCUT2D eigenvalue weighted by atomic mass is 16.5. The maximum absolute atomic E-state index is 11.1. The van der Waals surface area contributed by atoms with E-state index in [1.54, 1.807) is 6.20 Å². The van der Waals surface area contributed by atoms with Gasteiger partial charge >= 0.3 is 5.97 Å². The van der Waals surface area contributed by atoms with Crippen molar-refractivity contribution in [1.29, 1.82) is 0 Å². The van der Waals surface area contributed by atoms with Gasteiger partial charge in [0.2, 0.25) is 0 Å². The SMILES string of the molecule is COC(=O)CCN(C)CCOCCOCCOc1ccc2ncccc2c1. The largest absolute Gasteiger partial charge is 0.491 e. The van der Waals surface area contributed by atoms with E-state index in [9.17, 15) is 4.79 Å². The summed E-state index contributed by atoms with van der Waals surface area (Å²) >= 11 is 0. The number of nitrogens with zero attached hydrogens (tertiary/aromatic N) is 2. The number of benzene rings is 1. The zero-order chi connectivity index (χ0) is 19.3. The molecule has 148 valence electrons. The molecule has 0 aliphatic heterocycles. The molecule has 0 aliphatic carbocycles. The molecule has 0 radical (unpaired) electrons. The Morgan fingerprint density at radius 2 is 1.81 bits per heavy atom. The second-order valence-electron chi connectivity index (χ2n) is 6.06. The van der Waals surface area contributed by atoms with Crippen LogP contribution in [0.4, 0.5) is 0 Å². The lowest BCUT2D eigenvalue weighted by atomic mass is 10.2. The monoisotopic (exact) mass is 376 g/mol. The highest BCUT2D eigenvalue weighted by Crippen LogP contribution is 2.18. The summed E-state index contributed by atoms with van der Waals surface area (Å²) in [5.74, 6) is 0.615. The smallest absolute Gasteiger partial charge is 0.306 e. The maximum Gasteiger partial charge on any atom is 0.306 e. The fourth-order valence-electron chi connectivity index (χ4n) is 2.40. The van der Waals surface area contributed by atoms with Gasteiger partial charge in [0, 0.05) is 24.7 Å². The molecule has 7 nitrogen and oxygen atoms in total. The fourth-order valence-corrected chi connectivity index (χ4v) is 2.40. The zero-order valence-corrected chi connectivity index (χ0v) is 16.1. The molecule has 27 heavy (non-hydrogen) atoms. The number of methoxy groups -OCH3 is 1. The fraction of sp³-hybridized carbons (Fsp3) is 0.500. The van der Waals surface area contributed by atoms with E-state index in [4.69, 9.17) is 14.2 Å². The van der Waals surface area contributed by atoms with E-state index in [2.05, 4.69) is 9.72 Å². The number of hydrogen-bond donors (Lipinski definition) is 0. The van der Waals surface area contributed by atoms with E-state index in [1.807, 2.05) is 42.3 Å². The summed E-state index contributed by atoms with van der Waals surface area (Å²) in [6.45, 7) is 4.08. The van der Waals surface area contributed by atoms with Crippen LogP contribution in [0.15, 0.2) is 36.5 Å². The molecule has 1 heterocycles. The summed E-state index contributed by atoms with van der Waals surface area (Å²) in [5, 5.41) is 1.06. The van der Waals surface area contributed by atoms with Gasteiger partial charge in [0.1, 0.15) is 12.4 Å². The second-order valence-corrected chi connectivity index (χ2v) is 6.06. The molecular formula is C20H28N2O5. The summed E-state index contributed by atoms with van der Waals surface area (Å²) in [5.41, 5.74) is 0.953. The Morgan fingerprint density at radius 3 is 2.63 bits per heavy atom. The average molecular weight is 376 g/mol. The van der Waals surface area contributed by atoms with Crippen LogP contribution in [-0.2, 0) is 19.0 Å². The van der Waals surface area contributed by atoms with Crippen molar-refractivity contribution in [2.45, 2.75) is 6.42 Å². The minimum atomic E-state index is -0.196. The molecule has 1 aromatic heterocycles. The maximum atomic E-state index is 11.1. The standard InChI is InChI=1S/C20H28N2O5/c1-22(9-7-20(23)24-2)10-11-25-12-13-26-14-15-27-18-5-6-19-17(16-18)4-3-8-21-19/h3-6,8,16H,7,9-15H2,1-2H3. The predicted molar refractivity (Wildman–Crippen MR) is 103 cm³/mol. The van der Waals surface area contributed by atoms with E-state index in [0.29, 0.717) is 46.0 Å². The lowest BCUT2D eigenvalue weighted by Crippen LogP contribution is -2.26. The van der Waals surface area contributed by atoms with Crippen LogP contribution in [0.3, 0.4) is 0 Å². The summed E-state index contributed by atoms with van der Waals surface area (Å²) < 4.78 is 21.3. The summed E-state index contributed by atoms with van der Waals surface area (Å²) in [6.07, 6.45) is 2.17. The number of ether oxygens (including phenoxy) is 4. The van der Waals surface area contributed by atoms with Gasteiger partial charge in [-0.05, 0) is 31.3 Å². The molecule has 2 rings (SSSR count). The molecule has 0 saturated heterocycles. The first kappa shape index (κ1) is 21.1. The molecule has 7 heteroatoms. The van der Waals surface area contributed by atoms with E-state index < -0.39 is 0 Å². The van der Waals surface area contributed by atoms with Crippen molar-refractivity contribution in [3.8, 4) is 5.75 Å². The van der Waals surface area contributed by atoms with Crippen molar-refractivity contribution in [3.63, 3.8) is 0 Å². The molecule has 0 spiro atoms. The Bertz CT molecular complexity index is 695. The molecule has 1 aromatic carbocycles. The Morgan fingerprint density at radius 1 is 1.04 bits per heavy atom. The first-order valence-corrected chi connectivity index (χ1v) is 9.07. The molecule has 0 unspecified atom stereocenters. The Balaban J connectivity index is 1.46. The minimum Gasteiger partial charge on any atom is -0.491 e. The molecule has 0 amide bonds. The van der Waals surface area contributed by atoms with Gasteiger partial charge in [0.25, 0.3) is 0 Å². The lowest BCUT2D eigenvalue weighted by Gasteiger charge is -2.15. The highest BCUT2D eigenvalue weighted by Gasteiger charge is 2.04. The Labute approximate surface area is 160 Å². The van der Waals surface area contributed by atoms with Crippen LogP contribution in [0.25, 0.3) is 10.9 Å². The van der Waals surface area contributed by atoms with Gasteiger partial charge < -0.3 is 23.8 Å². The van der Waals surface area contributed by atoms with E-state index in [-0.39, 0.29) is 5.97 Å². The first-order valence-electron chi connectivity index (χ1n) is 9.07. The van der Waals surface area contributed by atoms with E-state index >= 15 is 0 Å². The number of fused-ring (bicyclic) bond motifs is 1. The molecule has 0 N–H and O–H groups in total. The quantitative estimate of drug-likeness (QED) is 0.392. The van der Waals surface area contributed by atoms with Crippen molar-refractivity contribution in [1.82, 2.24) is 9.88 Å². The molecule has 0 aliphatic rings. The van der Waals surface area contributed by atoms with Crippen molar-refractivity contribution < 1.29 is 23.7 Å². The van der Waals surface area contributed by atoms with Crippen LogP contribution in [0, 0.1) is 0 Å². The van der Waals surface area contributed by atoms with Crippen LogP contribution in [0.2, 0.25) is 0 Å². The van der Waals surface area contributed by atoms with Crippen LogP contribution in [0.1, 0.15) is 6.42 Å². The molecule has 0 atom stereocenters. The van der Waals surface area contributed by atoms with Crippen molar-refractivity contribution in [2.24, 2.45) is 0 Å². The topological polar surface area (TPSA) is 70.1 Å². The normalized spacial score (nSPS) is 11.1. The highest BCUT2D eigenvalue weighted by molar-refractivity contribution is 5.79. The third-order valence-corrected chi connectivity index (χ3v) is 3.99.